The van der Waals surface area contributed by atoms with E-state index in [1.807, 2.05) is 36.2 Å². The Bertz CT molecular complexity index is 782. The maximum atomic E-state index is 11.9. The lowest BCUT2D eigenvalue weighted by atomic mass is 10.2. The molecule has 0 aliphatic rings. The quantitative estimate of drug-likeness (QED) is 0.330. The number of benzene rings is 1. The molecule has 0 fully saturated rings. The Balaban J connectivity index is 0.00000392. The Morgan fingerprint density at radius 1 is 1.18 bits per heavy atom. The van der Waals surface area contributed by atoms with Gasteiger partial charge in [0.2, 0.25) is 5.91 Å². The van der Waals surface area contributed by atoms with Crippen LogP contribution in [0.2, 0.25) is 10.0 Å². The van der Waals surface area contributed by atoms with E-state index in [1.165, 1.54) is 4.90 Å². The van der Waals surface area contributed by atoms with E-state index < -0.39 is 0 Å². The van der Waals surface area contributed by atoms with Crippen LogP contribution >= 0.6 is 47.2 Å². The smallest absolute Gasteiger partial charge is 0.243 e. The minimum atomic E-state index is -0.0664. The highest BCUT2D eigenvalue weighted by atomic mass is 127. The summed E-state index contributed by atoms with van der Waals surface area (Å²) in [5, 5.41) is 4.31. The van der Waals surface area contributed by atoms with E-state index >= 15 is 0 Å². The first-order chi connectivity index (χ1) is 12.9. The lowest BCUT2D eigenvalue weighted by molar-refractivity contribution is -0.127. The molecule has 6 nitrogen and oxygen atoms in total. The predicted octanol–water partition coefficient (Wildman–Crippen LogP) is 3.91. The van der Waals surface area contributed by atoms with Crippen molar-refractivity contribution in [1.82, 2.24) is 15.1 Å². The van der Waals surface area contributed by atoms with Gasteiger partial charge in [-0.25, -0.2) is 4.99 Å². The summed E-state index contributed by atoms with van der Waals surface area (Å²) in [5.41, 5.74) is 0.992. The van der Waals surface area contributed by atoms with Crippen LogP contribution in [0, 0.1) is 0 Å². The summed E-state index contributed by atoms with van der Waals surface area (Å²) >= 11 is 12.1. The van der Waals surface area contributed by atoms with E-state index in [0.717, 1.165) is 11.3 Å². The summed E-state index contributed by atoms with van der Waals surface area (Å²) < 4.78 is 5.34. The summed E-state index contributed by atoms with van der Waals surface area (Å²) in [6.45, 7) is 1.27. The monoisotopic (exact) mass is 538 g/mol. The Hall–Kier alpha value is -1.45. The average molecular weight is 539 g/mol. The number of nitrogens with zero attached hydrogens (tertiary/aromatic N) is 3. The Morgan fingerprint density at radius 2 is 1.93 bits per heavy atom. The van der Waals surface area contributed by atoms with Gasteiger partial charge in [0.05, 0.1) is 16.3 Å². The Morgan fingerprint density at radius 3 is 2.54 bits per heavy atom. The average Bonchev–Trinajstić information content (AvgIpc) is 3.14. The van der Waals surface area contributed by atoms with Crippen LogP contribution in [0.3, 0.4) is 0 Å². The second kappa shape index (κ2) is 12.2. The molecule has 1 N–H and O–H groups in total. The van der Waals surface area contributed by atoms with Gasteiger partial charge in [-0.15, -0.1) is 24.0 Å². The van der Waals surface area contributed by atoms with Crippen molar-refractivity contribution < 1.29 is 9.21 Å². The van der Waals surface area contributed by atoms with Gasteiger partial charge in [-0.3, -0.25) is 4.79 Å². The summed E-state index contributed by atoms with van der Waals surface area (Å²) in [6, 6.07) is 9.29. The van der Waals surface area contributed by atoms with Gasteiger partial charge in [-0.1, -0.05) is 29.3 Å². The SMILES string of the molecule is CN(C)C(=O)CN=C(NCCc1ccco1)N(C)Cc1ccc(Cl)c(Cl)c1.I. The number of halogens is 3. The van der Waals surface area contributed by atoms with Crippen LogP contribution in [0.15, 0.2) is 46.0 Å². The second-order valence-electron chi connectivity index (χ2n) is 6.29. The molecular formula is C19H25Cl2IN4O2. The molecule has 0 spiro atoms. The molecule has 2 aromatic rings. The first kappa shape index (κ1) is 24.6. The topological polar surface area (TPSA) is 61.1 Å². The van der Waals surface area contributed by atoms with Crippen molar-refractivity contribution in [3.8, 4) is 0 Å². The molecule has 0 aliphatic heterocycles. The van der Waals surface area contributed by atoms with Crippen molar-refractivity contribution in [2.45, 2.75) is 13.0 Å². The molecule has 0 saturated carbocycles. The number of carbonyl (C=O) groups excluding carboxylic acids is 1. The van der Waals surface area contributed by atoms with E-state index in [1.54, 1.807) is 26.4 Å². The molecule has 28 heavy (non-hydrogen) atoms. The number of hydrogen-bond donors (Lipinski definition) is 1. The van der Waals surface area contributed by atoms with Gasteiger partial charge in [-0.05, 0) is 29.8 Å². The fourth-order valence-corrected chi connectivity index (χ4v) is 2.66. The number of nitrogens with one attached hydrogen (secondary N) is 1. The molecule has 0 saturated heterocycles. The first-order valence-electron chi connectivity index (χ1n) is 8.52. The highest BCUT2D eigenvalue weighted by Gasteiger charge is 2.11. The zero-order valence-electron chi connectivity index (χ0n) is 16.1. The van der Waals surface area contributed by atoms with Crippen LogP contribution < -0.4 is 5.32 Å². The van der Waals surface area contributed by atoms with Crippen LogP contribution in [0.5, 0.6) is 0 Å². The number of likely N-dealkylation sites (N-methyl/N-ethyl adjacent to an activating group) is 1. The van der Waals surface area contributed by atoms with Crippen molar-refractivity contribution in [3.63, 3.8) is 0 Å². The number of amides is 1. The summed E-state index contributed by atoms with van der Waals surface area (Å²) in [7, 11) is 5.32. The fourth-order valence-electron chi connectivity index (χ4n) is 2.33. The molecule has 1 aromatic heterocycles. The van der Waals surface area contributed by atoms with Gasteiger partial charge in [0.25, 0.3) is 0 Å². The number of aliphatic imine (C=N–C) groups is 1. The van der Waals surface area contributed by atoms with Crippen molar-refractivity contribution >= 4 is 59.0 Å². The molecule has 1 aromatic carbocycles. The number of rotatable bonds is 7. The minimum Gasteiger partial charge on any atom is -0.469 e. The number of hydrogen-bond acceptors (Lipinski definition) is 3. The summed E-state index contributed by atoms with van der Waals surface area (Å²) in [4.78, 5) is 19.8. The highest BCUT2D eigenvalue weighted by Crippen LogP contribution is 2.23. The van der Waals surface area contributed by atoms with Gasteiger partial charge >= 0.3 is 0 Å². The van der Waals surface area contributed by atoms with Crippen LogP contribution in [-0.4, -0.2) is 55.9 Å². The Kier molecular flexibility index (Phi) is 10.7. The summed E-state index contributed by atoms with van der Waals surface area (Å²) in [6.07, 6.45) is 2.37. The third-order valence-electron chi connectivity index (χ3n) is 3.86. The molecule has 2 rings (SSSR count). The fraction of sp³-hybridized carbons (Fsp3) is 0.368. The lowest BCUT2D eigenvalue weighted by Gasteiger charge is -2.23. The minimum absolute atomic E-state index is 0. The van der Waals surface area contributed by atoms with Crippen molar-refractivity contribution in [2.75, 3.05) is 34.2 Å². The molecular weight excluding hydrogens is 514 g/mol. The highest BCUT2D eigenvalue weighted by molar-refractivity contribution is 14.0. The number of carbonyl (C=O) groups is 1. The van der Waals surface area contributed by atoms with Gasteiger partial charge in [0, 0.05) is 40.7 Å². The lowest BCUT2D eigenvalue weighted by Crippen LogP contribution is -2.40. The third kappa shape index (κ3) is 7.89. The normalized spacial score (nSPS) is 11.0. The zero-order valence-corrected chi connectivity index (χ0v) is 20.0. The van der Waals surface area contributed by atoms with Crippen LogP contribution in [0.4, 0.5) is 0 Å². The molecule has 154 valence electrons. The van der Waals surface area contributed by atoms with Crippen LogP contribution in [0.1, 0.15) is 11.3 Å². The summed E-state index contributed by atoms with van der Waals surface area (Å²) in [5.74, 6) is 1.45. The predicted molar refractivity (Wildman–Crippen MR) is 125 cm³/mol. The van der Waals surface area contributed by atoms with Crippen LogP contribution in [-0.2, 0) is 17.8 Å². The molecule has 1 heterocycles. The second-order valence-corrected chi connectivity index (χ2v) is 7.10. The largest absolute Gasteiger partial charge is 0.469 e. The van der Waals surface area contributed by atoms with E-state index in [4.69, 9.17) is 27.6 Å². The molecule has 0 bridgehead atoms. The standard InChI is InChI=1S/C19H24Cl2N4O2.HI/c1-24(2)18(26)12-23-19(22-9-8-15-5-4-10-27-15)25(3)13-14-6-7-16(20)17(21)11-14;/h4-7,10-11H,8-9,12-13H2,1-3H3,(H,22,23);1H. The third-order valence-corrected chi connectivity index (χ3v) is 4.60. The molecule has 0 radical (unpaired) electrons. The van der Waals surface area contributed by atoms with E-state index in [9.17, 15) is 4.79 Å². The van der Waals surface area contributed by atoms with Gasteiger partial charge in [0.1, 0.15) is 12.3 Å². The molecule has 1 amide bonds. The van der Waals surface area contributed by atoms with Gasteiger partial charge in [0.15, 0.2) is 5.96 Å². The van der Waals surface area contributed by atoms with E-state index in [0.29, 0.717) is 35.5 Å². The zero-order chi connectivity index (χ0) is 19.8. The van der Waals surface area contributed by atoms with E-state index in [-0.39, 0.29) is 36.4 Å². The van der Waals surface area contributed by atoms with E-state index in [2.05, 4.69) is 10.3 Å². The maximum absolute atomic E-state index is 11.9. The molecule has 0 unspecified atom stereocenters. The number of guanidine groups is 1. The van der Waals surface area contributed by atoms with Gasteiger partial charge in [-0.2, -0.15) is 0 Å². The molecule has 0 aliphatic carbocycles. The Labute approximate surface area is 192 Å². The van der Waals surface area contributed by atoms with Crippen molar-refractivity contribution in [1.29, 1.82) is 0 Å². The molecule has 9 heteroatoms. The maximum Gasteiger partial charge on any atom is 0.243 e. The first-order valence-corrected chi connectivity index (χ1v) is 9.28. The van der Waals surface area contributed by atoms with Crippen molar-refractivity contribution in [3.05, 3.63) is 58.0 Å². The van der Waals surface area contributed by atoms with Crippen molar-refractivity contribution in [2.24, 2.45) is 4.99 Å². The molecule has 0 atom stereocenters. The van der Waals surface area contributed by atoms with Crippen LogP contribution in [0.25, 0.3) is 0 Å². The van der Waals surface area contributed by atoms with Gasteiger partial charge < -0.3 is 19.5 Å². The number of furan rings is 1.